The Kier molecular flexibility index (Phi) is 15.3. The van der Waals surface area contributed by atoms with Crippen molar-refractivity contribution in [3.05, 3.63) is 112 Å². The number of aromatic amines is 1. The number of methoxy groups -OCH3 is 2. The molecule has 2 heterocycles. The molecule has 0 aliphatic rings. The van der Waals surface area contributed by atoms with Gasteiger partial charge in [-0.2, -0.15) is 4.98 Å². The van der Waals surface area contributed by atoms with E-state index in [1.54, 1.807) is 32.6 Å². The number of fused-ring (bicyclic) bond motifs is 1. The van der Waals surface area contributed by atoms with Crippen LogP contribution in [0.5, 0.6) is 11.5 Å². The molecule has 0 saturated heterocycles. The molecule has 5 aromatic rings. The monoisotopic (exact) mass is 863 g/mol. The summed E-state index contributed by atoms with van der Waals surface area (Å²) in [5.74, 6) is 0.590. The van der Waals surface area contributed by atoms with E-state index in [0.717, 1.165) is 16.7 Å². The number of hydrogen-bond acceptors (Lipinski definition) is 12. The van der Waals surface area contributed by atoms with Gasteiger partial charge in [0.1, 0.15) is 23.2 Å². The fourth-order valence-corrected chi connectivity index (χ4v) is 8.21. The Balaban J connectivity index is 1.66. The molecule has 0 spiro atoms. The zero-order chi connectivity index (χ0) is 43.8. The highest BCUT2D eigenvalue weighted by Gasteiger charge is 2.42. The van der Waals surface area contributed by atoms with Crippen molar-refractivity contribution in [2.45, 2.75) is 83.7 Å². The Bertz CT molecular complexity index is 2210. The van der Waals surface area contributed by atoms with Crippen molar-refractivity contribution in [1.29, 1.82) is 0 Å². The number of rotatable bonds is 20. The molecule has 324 valence electrons. The molecule has 15 nitrogen and oxygen atoms in total. The number of carbonyl (C=O) groups excluding carboxylic acids is 1. The Labute approximate surface area is 353 Å². The van der Waals surface area contributed by atoms with Gasteiger partial charge in [-0.15, -0.1) is 0 Å². The van der Waals surface area contributed by atoms with E-state index in [1.807, 2.05) is 85.8 Å². The van der Waals surface area contributed by atoms with Crippen molar-refractivity contribution in [3.8, 4) is 11.5 Å². The third-order valence-electron chi connectivity index (χ3n) is 10.7. The Hall–Kier alpha value is -4.67. The van der Waals surface area contributed by atoms with E-state index in [2.05, 4.69) is 54.1 Å². The quantitative estimate of drug-likeness (QED) is 0.0438. The molecule has 17 heteroatoms. The molecule has 3 aromatic carbocycles. The number of hydrogen-bond donors (Lipinski definition) is 2. The minimum Gasteiger partial charge on any atom is -0.497 e. The molecule has 2 N–H and O–H groups in total. The van der Waals surface area contributed by atoms with Crippen LogP contribution in [0.15, 0.2) is 90.0 Å². The van der Waals surface area contributed by atoms with Crippen molar-refractivity contribution in [2.24, 2.45) is 5.92 Å². The highest BCUT2D eigenvalue weighted by molar-refractivity contribution is 7.33. The number of ether oxygens (including phenoxy) is 4. The molecule has 0 saturated carbocycles. The van der Waals surface area contributed by atoms with Gasteiger partial charge in [0.2, 0.25) is 11.9 Å². The third kappa shape index (κ3) is 10.6. The van der Waals surface area contributed by atoms with Crippen LogP contribution in [0.25, 0.3) is 11.2 Å². The minimum absolute atomic E-state index is 0.0289. The van der Waals surface area contributed by atoms with E-state index in [4.69, 9.17) is 32.4 Å². The fraction of sp³-hybridized carbons (Fsp3) is 0.442. The summed E-state index contributed by atoms with van der Waals surface area (Å²) < 4.78 is 57.3. The Morgan fingerprint density at radius 2 is 1.43 bits per heavy atom. The summed E-state index contributed by atoms with van der Waals surface area (Å²) in [6.45, 7) is 15.7. The van der Waals surface area contributed by atoms with Crippen LogP contribution in [-0.4, -0.2) is 80.5 Å². The van der Waals surface area contributed by atoms with Crippen LogP contribution in [0.3, 0.4) is 0 Å². The number of aromatic nitrogens is 4. The maximum atomic E-state index is 13.4. The van der Waals surface area contributed by atoms with Gasteiger partial charge in [-0.3, -0.25) is 29.0 Å². The van der Waals surface area contributed by atoms with Crippen LogP contribution >= 0.6 is 8.25 Å². The van der Waals surface area contributed by atoms with Gasteiger partial charge in [0.05, 0.1) is 39.9 Å². The lowest BCUT2D eigenvalue weighted by molar-refractivity contribution is -0.149. The largest absolute Gasteiger partial charge is 0.497 e. The van der Waals surface area contributed by atoms with Crippen LogP contribution < -0.4 is 20.3 Å². The molecular formula is C43H58N5O10PSi. The lowest BCUT2D eigenvalue weighted by Gasteiger charge is -2.41. The summed E-state index contributed by atoms with van der Waals surface area (Å²) in [5, 5.41) is 2.50. The molecule has 1 unspecified atom stereocenters. The van der Waals surface area contributed by atoms with Gasteiger partial charge < -0.3 is 32.4 Å². The van der Waals surface area contributed by atoms with E-state index in [9.17, 15) is 14.2 Å². The average molecular weight is 864 g/mol. The molecule has 0 aliphatic carbocycles. The molecule has 0 radical (unpaired) electrons. The number of benzene rings is 3. The number of amides is 1. The van der Waals surface area contributed by atoms with Gasteiger partial charge in [0.15, 0.2) is 25.7 Å². The molecular weight excluding hydrogens is 806 g/mol. The second-order valence-electron chi connectivity index (χ2n) is 16.2. The lowest BCUT2D eigenvalue weighted by Crippen LogP contribution is -2.46. The number of anilines is 1. The summed E-state index contributed by atoms with van der Waals surface area (Å²) >= 11 is 0. The number of nitrogens with one attached hydrogen (secondary N) is 2. The van der Waals surface area contributed by atoms with Crippen molar-refractivity contribution < 1.29 is 41.8 Å². The maximum absolute atomic E-state index is 13.4. The van der Waals surface area contributed by atoms with Gasteiger partial charge >= 0.3 is 8.25 Å². The molecule has 0 bridgehead atoms. The first-order valence-corrected chi connectivity index (χ1v) is 23.9. The third-order valence-corrected chi connectivity index (χ3v) is 16.0. The lowest BCUT2D eigenvalue weighted by atomic mass is 9.80. The summed E-state index contributed by atoms with van der Waals surface area (Å²) in [7, 11) is -0.868. The summed E-state index contributed by atoms with van der Waals surface area (Å²) in [6.07, 6.45) is -1.15. The van der Waals surface area contributed by atoms with Gasteiger partial charge in [0, 0.05) is 13.0 Å². The molecule has 2 aromatic heterocycles. The topological polar surface area (TPSA) is 174 Å². The number of imidazole rings is 1. The normalized spacial score (nSPS) is 14.5. The van der Waals surface area contributed by atoms with Crippen LogP contribution in [0.2, 0.25) is 18.1 Å². The van der Waals surface area contributed by atoms with E-state index in [-0.39, 0.29) is 47.2 Å². The highest BCUT2D eigenvalue weighted by Crippen LogP contribution is 2.43. The molecule has 0 fully saturated rings. The Morgan fingerprint density at radius 3 is 1.95 bits per heavy atom. The van der Waals surface area contributed by atoms with Crippen LogP contribution in [-0.2, 0) is 37.9 Å². The number of carbonyl (C=O) groups is 1. The molecule has 5 rings (SSSR count). The van der Waals surface area contributed by atoms with E-state index < -0.39 is 46.2 Å². The number of H-pyrrole nitrogens is 1. The average Bonchev–Trinajstić information content (AvgIpc) is 3.65. The number of nitrogens with zero attached hydrogens (tertiary/aromatic N) is 3. The fourth-order valence-electron chi connectivity index (χ4n) is 6.37. The van der Waals surface area contributed by atoms with E-state index in [1.165, 1.54) is 13.4 Å². The van der Waals surface area contributed by atoms with Crippen molar-refractivity contribution in [2.75, 3.05) is 39.9 Å². The zero-order valence-corrected chi connectivity index (χ0v) is 38.2. The van der Waals surface area contributed by atoms with Gasteiger partial charge in [-0.25, -0.2) is 4.98 Å². The molecule has 1 amide bonds. The Morgan fingerprint density at radius 1 is 0.867 bits per heavy atom. The highest BCUT2D eigenvalue weighted by atomic mass is 31.1. The van der Waals surface area contributed by atoms with Crippen molar-refractivity contribution in [3.63, 3.8) is 0 Å². The summed E-state index contributed by atoms with van der Waals surface area (Å²) in [6, 6.07) is 25.0. The predicted molar refractivity (Wildman–Crippen MR) is 233 cm³/mol. The minimum atomic E-state index is -2.92. The maximum Gasteiger partial charge on any atom is 0.318 e. The first kappa shape index (κ1) is 46.4. The summed E-state index contributed by atoms with van der Waals surface area (Å²) in [4.78, 5) is 37.7. The van der Waals surface area contributed by atoms with Gasteiger partial charge in [0.25, 0.3) is 5.56 Å². The van der Waals surface area contributed by atoms with Crippen LogP contribution in [0, 0.1) is 5.92 Å². The molecule has 0 aliphatic heterocycles. The zero-order valence-electron chi connectivity index (χ0n) is 36.2. The van der Waals surface area contributed by atoms with Crippen LogP contribution in [0.4, 0.5) is 5.95 Å². The van der Waals surface area contributed by atoms with Gasteiger partial charge in [-0.1, -0.05) is 89.2 Å². The standard InChI is InChI=1S/C43H58N5O10PSi/c1-28(2)38(49)46-41-45-37-36(39(50)47-41)44-27-48(37)40(29(3)58-60(10,11)42(4,5)6)57-35(26-56-59(51)54-9)25-55-43(30-15-13-12-14-16-30,31-17-21-33(52-7)22-18-31)32-19-23-34(53-8)24-20-32/h12-24,27-29,35,40,59H,25-26H2,1-11H3,(H2,45,46,47,49,50)/t29-,35+,40+/m0/s1. The van der Waals surface area contributed by atoms with Gasteiger partial charge in [-0.05, 0) is 66.0 Å². The van der Waals surface area contributed by atoms with E-state index >= 15 is 0 Å². The summed E-state index contributed by atoms with van der Waals surface area (Å²) in [5.41, 5.74) is 0.787. The van der Waals surface area contributed by atoms with Crippen LogP contribution in [0.1, 0.15) is 64.5 Å². The van der Waals surface area contributed by atoms with E-state index in [0.29, 0.717) is 11.5 Å². The SMILES string of the molecule is COc1ccc(C(OC[C@H](CO[PH](=O)OC)O[C@H]([C@H](C)O[Si](C)(C)C(C)(C)C)n2cnc3c(=O)[nH]c(NC(=O)C(C)C)nc32)(c2ccccc2)c2ccc(OC)cc2)cc1. The second-order valence-corrected chi connectivity index (χ2v) is 22.1. The van der Waals surface area contributed by atoms with Crippen molar-refractivity contribution >= 4 is 39.6 Å². The second kappa shape index (κ2) is 19.8. The first-order valence-electron chi connectivity index (χ1n) is 19.7. The first-order chi connectivity index (χ1) is 28.4. The molecule has 4 atom stereocenters. The predicted octanol–water partition coefficient (Wildman–Crippen LogP) is 8.09. The smallest absolute Gasteiger partial charge is 0.318 e. The molecule has 60 heavy (non-hydrogen) atoms. The van der Waals surface area contributed by atoms with Crippen molar-refractivity contribution in [1.82, 2.24) is 19.5 Å².